The lowest BCUT2D eigenvalue weighted by molar-refractivity contribution is 0.533. The van der Waals surface area contributed by atoms with Crippen LogP contribution in [0.5, 0.6) is 0 Å². The van der Waals surface area contributed by atoms with Crippen LogP contribution in [-0.4, -0.2) is 20.2 Å². The van der Waals surface area contributed by atoms with Gasteiger partial charge in [-0.25, -0.2) is 8.42 Å². The van der Waals surface area contributed by atoms with Gasteiger partial charge in [-0.3, -0.25) is 0 Å². The van der Waals surface area contributed by atoms with Crippen LogP contribution in [0.4, 0.5) is 0 Å². The number of hydrogen-bond acceptors (Lipinski definition) is 3. The lowest BCUT2D eigenvalue weighted by Crippen LogP contribution is -2.32. The van der Waals surface area contributed by atoms with Crippen LogP contribution in [0.1, 0.15) is 44.9 Å². The molecule has 0 spiro atoms. The van der Waals surface area contributed by atoms with Crippen LogP contribution in [0.15, 0.2) is 35.7 Å². The second-order valence-corrected chi connectivity index (χ2v) is 8.46. The molecule has 1 aromatic carbocycles. The first kappa shape index (κ1) is 15.3. The highest BCUT2D eigenvalue weighted by molar-refractivity contribution is 7.94. The Hall–Kier alpha value is -1.13. The van der Waals surface area contributed by atoms with Crippen LogP contribution >= 0.6 is 0 Å². The van der Waals surface area contributed by atoms with Gasteiger partial charge in [0.05, 0.1) is 5.75 Å². The number of benzene rings is 1. The normalized spacial score (nSPS) is 22.9. The molecular formula is C16H23NO2S. The van der Waals surface area contributed by atoms with Crippen molar-refractivity contribution in [1.29, 1.82) is 0 Å². The summed E-state index contributed by atoms with van der Waals surface area (Å²) >= 11 is 0. The lowest BCUT2D eigenvalue weighted by Gasteiger charge is -2.22. The minimum atomic E-state index is -2.99. The zero-order chi connectivity index (χ0) is 15.0. The van der Waals surface area contributed by atoms with E-state index >= 15 is 0 Å². The Labute approximate surface area is 122 Å². The molecule has 1 heterocycles. The highest BCUT2D eigenvalue weighted by Gasteiger charge is 2.23. The van der Waals surface area contributed by atoms with Gasteiger partial charge in [-0.05, 0) is 23.5 Å². The summed E-state index contributed by atoms with van der Waals surface area (Å²) < 4.78 is 22.8. The summed E-state index contributed by atoms with van der Waals surface area (Å²) in [6.07, 6.45) is 1.73. The number of nitrogens with one attached hydrogen (secondary N) is 1. The van der Waals surface area contributed by atoms with Crippen molar-refractivity contribution in [3.8, 4) is 0 Å². The molecule has 3 nitrogen and oxygen atoms in total. The zero-order valence-electron chi connectivity index (χ0n) is 12.6. The zero-order valence-corrected chi connectivity index (χ0v) is 13.4. The fourth-order valence-corrected chi connectivity index (χ4v) is 3.62. The molecule has 110 valence electrons. The first-order chi connectivity index (χ1) is 9.17. The van der Waals surface area contributed by atoms with Gasteiger partial charge in [0.1, 0.15) is 0 Å². The minimum absolute atomic E-state index is 0.0858. The second kappa shape index (κ2) is 5.34. The van der Waals surface area contributed by atoms with Crippen molar-refractivity contribution < 1.29 is 8.42 Å². The van der Waals surface area contributed by atoms with E-state index in [0.29, 0.717) is 0 Å². The van der Waals surface area contributed by atoms with E-state index < -0.39 is 9.84 Å². The van der Waals surface area contributed by atoms with Gasteiger partial charge in [0, 0.05) is 17.5 Å². The third-order valence-corrected chi connectivity index (χ3v) is 5.07. The molecule has 4 heteroatoms. The van der Waals surface area contributed by atoms with Crippen LogP contribution in [0.3, 0.4) is 0 Å². The van der Waals surface area contributed by atoms with E-state index in [9.17, 15) is 8.42 Å². The molecule has 0 bridgehead atoms. The molecular weight excluding hydrogens is 270 g/mol. The summed E-state index contributed by atoms with van der Waals surface area (Å²) in [5.74, 6) is 0.164. The third kappa shape index (κ3) is 3.70. The molecule has 1 aliphatic heterocycles. The van der Waals surface area contributed by atoms with Crippen molar-refractivity contribution in [1.82, 2.24) is 5.32 Å². The molecule has 0 aromatic heterocycles. The van der Waals surface area contributed by atoms with Crippen LogP contribution in [0.25, 0.3) is 0 Å². The molecule has 1 aliphatic rings. The van der Waals surface area contributed by atoms with E-state index in [1.54, 1.807) is 6.08 Å². The molecule has 1 aromatic rings. The third-order valence-electron chi connectivity index (χ3n) is 3.67. The van der Waals surface area contributed by atoms with Gasteiger partial charge < -0.3 is 5.32 Å². The van der Waals surface area contributed by atoms with Crippen molar-refractivity contribution in [3.63, 3.8) is 0 Å². The monoisotopic (exact) mass is 293 g/mol. The molecule has 0 radical (unpaired) electrons. The Morgan fingerprint density at radius 3 is 2.25 bits per heavy atom. The maximum atomic E-state index is 11.4. The summed E-state index contributed by atoms with van der Waals surface area (Å²) in [5.41, 5.74) is 2.63. The lowest BCUT2D eigenvalue weighted by atomic mass is 9.86. The van der Waals surface area contributed by atoms with E-state index in [-0.39, 0.29) is 23.3 Å². The standard InChI is InChI=1S/C16H23NO2S/c1-12(17-15-9-10-20(18,19)11-15)13-5-7-14(8-6-13)16(2,3)4/h5-10,12,15,17H,11H2,1-4H3. The molecule has 2 unspecified atom stereocenters. The predicted molar refractivity (Wildman–Crippen MR) is 83.4 cm³/mol. The van der Waals surface area contributed by atoms with Gasteiger partial charge in [0.2, 0.25) is 0 Å². The Bertz CT molecular complexity index is 594. The average molecular weight is 293 g/mol. The molecule has 0 saturated carbocycles. The van der Waals surface area contributed by atoms with Crippen molar-refractivity contribution in [3.05, 3.63) is 46.9 Å². The molecule has 20 heavy (non-hydrogen) atoms. The van der Waals surface area contributed by atoms with Crippen molar-refractivity contribution >= 4 is 9.84 Å². The predicted octanol–water partition coefficient (Wildman–Crippen LogP) is 2.95. The van der Waals surface area contributed by atoms with Gasteiger partial charge in [-0.2, -0.15) is 0 Å². The van der Waals surface area contributed by atoms with E-state index in [2.05, 4.69) is 57.3 Å². The fraction of sp³-hybridized carbons (Fsp3) is 0.500. The van der Waals surface area contributed by atoms with Crippen molar-refractivity contribution in [2.75, 3.05) is 5.75 Å². The molecule has 0 amide bonds. The summed E-state index contributed by atoms with van der Waals surface area (Å²) in [5, 5.41) is 4.65. The largest absolute Gasteiger partial charge is 0.303 e. The van der Waals surface area contributed by atoms with Gasteiger partial charge in [-0.15, -0.1) is 0 Å². The summed E-state index contributed by atoms with van der Waals surface area (Å²) in [6, 6.07) is 8.57. The van der Waals surface area contributed by atoms with E-state index in [0.717, 1.165) is 0 Å². The maximum Gasteiger partial charge on any atom is 0.173 e. The number of hydrogen-bond donors (Lipinski definition) is 1. The van der Waals surface area contributed by atoms with E-state index in [4.69, 9.17) is 0 Å². The smallest absolute Gasteiger partial charge is 0.173 e. The van der Waals surface area contributed by atoms with Gasteiger partial charge in [-0.1, -0.05) is 51.1 Å². The SMILES string of the molecule is CC(NC1C=CS(=O)(=O)C1)c1ccc(C(C)(C)C)cc1. The van der Waals surface area contributed by atoms with Gasteiger partial charge >= 0.3 is 0 Å². The number of sulfone groups is 1. The molecule has 0 fully saturated rings. The number of rotatable bonds is 3. The van der Waals surface area contributed by atoms with Crippen LogP contribution in [0.2, 0.25) is 0 Å². The highest BCUT2D eigenvalue weighted by Crippen LogP contribution is 2.24. The second-order valence-electron chi connectivity index (χ2n) is 6.52. The summed E-state index contributed by atoms with van der Waals surface area (Å²) in [6.45, 7) is 8.64. The summed E-state index contributed by atoms with van der Waals surface area (Å²) in [4.78, 5) is 0. The van der Waals surface area contributed by atoms with Crippen LogP contribution in [-0.2, 0) is 15.3 Å². The Morgan fingerprint density at radius 1 is 1.20 bits per heavy atom. The van der Waals surface area contributed by atoms with Crippen molar-refractivity contribution in [2.45, 2.75) is 45.2 Å². The molecule has 2 rings (SSSR count). The van der Waals surface area contributed by atoms with Gasteiger partial charge in [0.15, 0.2) is 9.84 Å². The first-order valence-corrected chi connectivity index (χ1v) is 8.66. The first-order valence-electron chi connectivity index (χ1n) is 6.95. The summed E-state index contributed by atoms with van der Waals surface area (Å²) in [7, 11) is -2.99. The average Bonchev–Trinajstić information content (AvgIpc) is 2.67. The highest BCUT2D eigenvalue weighted by atomic mass is 32.2. The Morgan fingerprint density at radius 2 is 1.80 bits per heavy atom. The van der Waals surface area contributed by atoms with Crippen LogP contribution in [0, 0.1) is 0 Å². The maximum absolute atomic E-state index is 11.4. The Kier molecular flexibility index (Phi) is 4.07. The van der Waals surface area contributed by atoms with Crippen molar-refractivity contribution in [2.24, 2.45) is 0 Å². The minimum Gasteiger partial charge on any atom is -0.303 e. The fourth-order valence-electron chi connectivity index (χ4n) is 2.37. The van der Waals surface area contributed by atoms with E-state index in [1.807, 2.05) is 0 Å². The topological polar surface area (TPSA) is 46.2 Å². The van der Waals surface area contributed by atoms with Crippen LogP contribution < -0.4 is 5.32 Å². The molecule has 0 aliphatic carbocycles. The quantitative estimate of drug-likeness (QED) is 0.932. The molecule has 0 saturated heterocycles. The molecule has 2 atom stereocenters. The molecule has 1 N–H and O–H groups in total. The van der Waals surface area contributed by atoms with Gasteiger partial charge in [0.25, 0.3) is 0 Å². The Balaban J connectivity index is 2.03. The van der Waals surface area contributed by atoms with E-state index in [1.165, 1.54) is 16.5 Å².